The SMILES string of the molecule is N#Cc1ccccc1S(=O)(=O)NNC(=O)c1ccc(COc2ccccc2)o1. The molecular weight excluding hydrogens is 382 g/mol. The van der Waals surface area contributed by atoms with Crippen LogP contribution >= 0.6 is 0 Å². The summed E-state index contributed by atoms with van der Waals surface area (Å²) in [6, 6.07) is 19.5. The standard InChI is InChI=1S/C19H15N3O5S/c20-12-14-6-4-5-9-18(14)28(24,25)22-21-19(23)17-11-10-16(27-17)13-26-15-7-2-1-3-8-15/h1-11,22H,13H2,(H,21,23). The van der Waals surface area contributed by atoms with E-state index in [2.05, 4.69) is 5.43 Å². The molecule has 2 N–H and O–H groups in total. The van der Waals surface area contributed by atoms with Crippen molar-refractivity contribution in [2.24, 2.45) is 0 Å². The van der Waals surface area contributed by atoms with Gasteiger partial charge in [-0.2, -0.15) is 5.26 Å². The first-order chi connectivity index (χ1) is 13.5. The number of nitrogens with one attached hydrogen (secondary N) is 2. The van der Waals surface area contributed by atoms with Gasteiger partial charge < -0.3 is 9.15 Å². The van der Waals surface area contributed by atoms with Crippen LogP contribution in [-0.2, 0) is 16.6 Å². The molecule has 9 heteroatoms. The van der Waals surface area contributed by atoms with Crippen LogP contribution in [-0.4, -0.2) is 14.3 Å². The first-order valence-corrected chi connectivity index (χ1v) is 9.56. The lowest BCUT2D eigenvalue weighted by Gasteiger charge is -2.08. The molecule has 1 amide bonds. The number of hydrogen-bond acceptors (Lipinski definition) is 6. The van der Waals surface area contributed by atoms with Crippen molar-refractivity contribution < 1.29 is 22.4 Å². The Morgan fingerprint density at radius 3 is 2.50 bits per heavy atom. The number of rotatable bonds is 7. The lowest BCUT2D eigenvalue weighted by atomic mass is 10.2. The fourth-order valence-corrected chi connectivity index (χ4v) is 3.27. The number of nitrogens with zero attached hydrogens (tertiary/aromatic N) is 1. The van der Waals surface area contributed by atoms with E-state index in [1.54, 1.807) is 24.3 Å². The highest BCUT2D eigenvalue weighted by molar-refractivity contribution is 7.89. The van der Waals surface area contributed by atoms with Gasteiger partial charge in [-0.05, 0) is 36.4 Å². The van der Waals surface area contributed by atoms with Crippen molar-refractivity contribution >= 4 is 15.9 Å². The minimum absolute atomic E-state index is 0.0393. The molecule has 0 aliphatic rings. The Morgan fingerprint density at radius 2 is 1.75 bits per heavy atom. The zero-order valence-corrected chi connectivity index (χ0v) is 15.3. The van der Waals surface area contributed by atoms with Crippen LogP contribution in [0.15, 0.2) is 76.0 Å². The van der Waals surface area contributed by atoms with Crippen LogP contribution in [0.3, 0.4) is 0 Å². The van der Waals surface area contributed by atoms with Gasteiger partial charge in [0.15, 0.2) is 5.76 Å². The highest BCUT2D eigenvalue weighted by Gasteiger charge is 2.20. The summed E-state index contributed by atoms with van der Waals surface area (Å²) in [5, 5.41) is 9.02. The quantitative estimate of drug-likeness (QED) is 0.590. The van der Waals surface area contributed by atoms with Gasteiger partial charge in [0.2, 0.25) is 0 Å². The van der Waals surface area contributed by atoms with Crippen LogP contribution in [0.5, 0.6) is 5.75 Å². The summed E-state index contributed by atoms with van der Waals surface area (Å²) in [6.45, 7) is 0.110. The Bertz CT molecular complexity index is 1120. The van der Waals surface area contributed by atoms with E-state index in [0.717, 1.165) is 0 Å². The summed E-state index contributed by atoms with van der Waals surface area (Å²) in [4.78, 5) is 13.8. The van der Waals surface area contributed by atoms with E-state index in [9.17, 15) is 13.2 Å². The zero-order chi connectivity index (χ0) is 20.0. The molecule has 0 saturated carbocycles. The summed E-state index contributed by atoms with van der Waals surface area (Å²) in [7, 11) is -4.12. The second-order valence-electron chi connectivity index (χ2n) is 5.54. The zero-order valence-electron chi connectivity index (χ0n) is 14.5. The van der Waals surface area contributed by atoms with E-state index in [1.165, 1.54) is 30.3 Å². The van der Waals surface area contributed by atoms with E-state index >= 15 is 0 Å². The number of para-hydroxylation sites is 1. The molecule has 0 radical (unpaired) electrons. The molecule has 2 aromatic carbocycles. The van der Waals surface area contributed by atoms with Crippen LogP contribution in [0, 0.1) is 11.3 Å². The Hall–Kier alpha value is -3.61. The van der Waals surface area contributed by atoms with Crippen molar-refractivity contribution in [2.45, 2.75) is 11.5 Å². The van der Waals surface area contributed by atoms with Gasteiger partial charge in [-0.3, -0.25) is 10.2 Å². The topological polar surface area (TPSA) is 121 Å². The second kappa shape index (κ2) is 8.39. The monoisotopic (exact) mass is 397 g/mol. The number of hydrogen-bond donors (Lipinski definition) is 2. The Labute approximate surface area is 161 Å². The molecule has 0 spiro atoms. The fraction of sp³-hybridized carbons (Fsp3) is 0.0526. The summed E-state index contributed by atoms with van der Waals surface area (Å²) in [5.74, 6) is 0.160. The van der Waals surface area contributed by atoms with Gasteiger partial charge in [0, 0.05) is 0 Å². The first-order valence-electron chi connectivity index (χ1n) is 8.07. The smallest absolute Gasteiger partial charge is 0.301 e. The Morgan fingerprint density at radius 1 is 1.04 bits per heavy atom. The molecule has 0 atom stereocenters. The first kappa shape index (κ1) is 19.2. The van der Waals surface area contributed by atoms with Crippen LogP contribution in [0.4, 0.5) is 0 Å². The van der Waals surface area contributed by atoms with Gasteiger partial charge in [-0.25, -0.2) is 8.42 Å². The summed E-state index contributed by atoms with van der Waals surface area (Å²) in [5.41, 5.74) is 2.02. The highest BCUT2D eigenvalue weighted by Crippen LogP contribution is 2.15. The predicted molar refractivity (Wildman–Crippen MR) is 98.4 cm³/mol. The number of benzene rings is 2. The number of sulfonamides is 1. The van der Waals surface area contributed by atoms with Gasteiger partial charge in [-0.15, -0.1) is 4.83 Å². The Balaban J connectivity index is 1.61. The molecule has 142 valence electrons. The molecule has 0 fully saturated rings. The number of nitriles is 1. The van der Waals surface area contributed by atoms with Gasteiger partial charge in [0.25, 0.3) is 10.0 Å². The maximum Gasteiger partial charge on any atom is 0.301 e. The third kappa shape index (κ3) is 4.56. The van der Waals surface area contributed by atoms with Gasteiger partial charge in [-0.1, -0.05) is 30.3 Å². The van der Waals surface area contributed by atoms with Gasteiger partial charge >= 0.3 is 5.91 Å². The third-order valence-corrected chi connectivity index (χ3v) is 4.91. The molecule has 3 aromatic rings. The van der Waals surface area contributed by atoms with Crippen molar-refractivity contribution in [1.82, 2.24) is 10.3 Å². The summed E-state index contributed by atoms with van der Waals surface area (Å²) >= 11 is 0. The molecule has 3 rings (SSSR count). The number of hydrazine groups is 1. The van der Waals surface area contributed by atoms with Crippen molar-refractivity contribution in [1.29, 1.82) is 5.26 Å². The van der Waals surface area contributed by atoms with Gasteiger partial charge in [0.05, 0.1) is 5.56 Å². The normalized spacial score (nSPS) is 10.8. The lowest BCUT2D eigenvalue weighted by molar-refractivity contribution is 0.0913. The molecule has 0 aliphatic heterocycles. The average molecular weight is 397 g/mol. The molecule has 1 aromatic heterocycles. The van der Waals surface area contributed by atoms with Crippen LogP contribution < -0.4 is 15.0 Å². The third-order valence-electron chi connectivity index (χ3n) is 3.61. The van der Waals surface area contributed by atoms with Crippen molar-refractivity contribution in [2.75, 3.05) is 0 Å². The van der Waals surface area contributed by atoms with E-state index in [1.807, 2.05) is 23.0 Å². The van der Waals surface area contributed by atoms with Crippen LogP contribution in [0.25, 0.3) is 0 Å². The van der Waals surface area contributed by atoms with Crippen molar-refractivity contribution in [3.8, 4) is 11.8 Å². The lowest BCUT2D eigenvalue weighted by Crippen LogP contribution is -2.41. The van der Waals surface area contributed by atoms with Crippen molar-refractivity contribution in [3.63, 3.8) is 0 Å². The number of ether oxygens (including phenoxy) is 1. The maximum atomic E-state index is 12.3. The van der Waals surface area contributed by atoms with E-state index in [0.29, 0.717) is 11.5 Å². The van der Waals surface area contributed by atoms with Gasteiger partial charge in [0.1, 0.15) is 29.1 Å². The summed E-state index contributed by atoms with van der Waals surface area (Å²) in [6.07, 6.45) is 0. The van der Waals surface area contributed by atoms with E-state index < -0.39 is 15.9 Å². The van der Waals surface area contributed by atoms with E-state index in [-0.39, 0.29) is 22.8 Å². The minimum atomic E-state index is -4.12. The summed E-state index contributed by atoms with van der Waals surface area (Å²) < 4.78 is 35.4. The molecule has 0 saturated heterocycles. The van der Waals surface area contributed by atoms with Crippen molar-refractivity contribution in [3.05, 3.63) is 83.8 Å². The number of amides is 1. The largest absolute Gasteiger partial charge is 0.486 e. The average Bonchev–Trinajstić information content (AvgIpc) is 3.20. The molecule has 0 aliphatic carbocycles. The van der Waals surface area contributed by atoms with Crippen LogP contribution in [0.1, 0.15) is 21.9 Å². The minimum Gasteiger partial charge on any atom is -0.486 e. The van der Waals surface area contributed by atoms with E-state index in [4.69, 9.17) is 14.4 Å². The number of furan rings is 1. The number of carbonyl (C=O) groups excluding carboxylic acids is 1. The second-order valence-corrected chi connectivity index (χ2v) is 7.19. The predicted octanol–water partition coefficient (Wildman–Crippen LogP) is 2.35. The molecule has 8 nitrogen and oxygen atoms in total. The highest BCUT2D eigenvalue weighted by atomic mass is 32.2. The molecule has 1 heterocycles. The number of carbonyl (C=O) groups is 1. The van der Waals surface area contributed by atoms with Crippen LogP contribution in [0.2, 0.25) is 0 Å². The maximum absolute atomic E-state index is 12.3. The molecular formula is C19H15N3O5S. The molecule has 0 unspecified atom stereocenters. The molecule has 28 heavy (non-hydrogen) atoms. The molecule has 0 bridgehead atoms. The fourth-order valence-electron chi connectivity index (χ4n) is 2.27. The Kier molecular flexibility index (Phi) is 5.74.